The van der Waals surface area contributed by atoms with Gasteiger partial charge in [0.15, 0.2) is 0 Å². The molecular weight excluding hydrogens is 238 g/mol. The number of carbonyl (C=O) groups is 1. The summed E-state index contributed by atoms with van der Waals surface area (Å²) in [5.74, 6) is 0. The van der Waals surface area contributed by atoms with E-state index in [1.54, 1.807) is 6.08 Å². The molecule has 0 aliphatic heterocycles. The number of quaternary nitrogens is 1. The largest absolute Gasteiger partial charge is 0.519 e. The highest BCUT2D eigenvalue weighted by molar-refractivity contribution is 5.81. The van der Waals surface area contributed by atoms with Crippen LogP contribution in [0.5, 0.6) is 0 Å². The van der Waals surface area contributed by atoms with Crippen molar-refractivity contribution in [3.8, 4) is 0 Å². The van der Waals surface area contributed by atoms with Crippen molar-refractivity contribution in [1.29, 1.82) is 0 Å². The molecule has 1 aromatic carbocycles. The Labute approximate surface area is 114 Å². The van der Waals surface area contributed by atoms with Gasteiger partial charge in [-0.15, -0.1) is 0 Å². The van der Waals surface area contributed by atoms with Crippen molar-refractivity contribution in [1.82, 2.24) is 4.48 Å². The topological polar surface area (TPSA) is 37.3 Å². The summed E-state index contributed by atoms with van der Waals surface area (Å²) in [7, 11) is 0. The van der Waals surface area contributed by atoms with Crippen molar-refractivity contribution in [2.45, 2.75) is 38.1 Å². The van der Waals surface area contributed by atoms with E-state index in [1.165, 1.54) is 6.42 Å². The molecule has 102 valence electrons. The summed E-state index contributed by atoms with van der Waals surface area (Å²) in [5, 5.41) is 9.88. The van der Waals surface area contributed by atoms with Gasteiger partial charge in [0.05, 0.1) is 0 Å². The minimum absolute atomic E-state index is 0.00431. The van der Waals surface area contributed by atoms with Crippen LogP contribution in [0.1, 0.15) is 32.1 Å². The van der Waals surface area contributed by atoms with Crippen LogP contribution in [0.2, 0.25) is 0 Å². The van der Waals surface area contributed by atoms with E-state index < -0.39 is 6.09 Å². The lowest BCUT2D eigenvalue weighted by Gasteiger charge is -2.40. The number of benzene rings is 1. The molecule has 2 rings (SSSR count). The zero-order chi connectivity index (χ0) is 13.7. The number of nitrogens with zero attached hydrogens (tertiary/aromatic N) is 1. The summed E-state index contributed by atoms with van der Waals surface area (Å²) in [5.41, 5.74) is 0.863. The van der Waals surface area contributed by atoms with E-state index in [9.17, 15) is 9.90 Å². The van der Waals surface area contributed by atoms with Gasteiger partial charge in [-0.3, -0.25) is 0 Å². The van der Waals surface area contributed by atoms with Crippen LogP contribution >= 0.6 is 0 Å². The van der Waals surface area contributed by atoms with Crippen LogP contribution in [0.25, 0.3) is 0 Å². The predicted molar refractivity (Wildman–Crippen MR) is 78.2 cm³/mol. The molecule has 1 aliphatic carbocycles. The summed E-state index contributed by atoms with van der Waals surface area (Å²) in [6, 6.07) is 9.76. The van der Waals surface area contributed by atoms with Gasteiger partial charge in [0.2, 0.25) is 0 Å². The van der Waals surface area contributed by atoms with Gasteiger partial charge >= 0.3 is 6.09 Å². The minimum atomic E-state index is -0.766. The maximum Gasteiger partial charge on any atom is 0.519 e. The third-order valence-electron chi connectivity index (χ3n) is 4.17. The quantitative estimate of drug-likeness (QED) is 0.651. The van der Waals surface area contributed by atoms with E-state index in [4.69, 9.17) is 0 Å². The van der Waals surface area contributed by atoms with Crippen LogP contribution in [0, 0.1) is 0 Å². The van der Waals surface area contributed by atoms with Gasteiger partial charge in [-0.2, -0.15) is 9.28 Å². The van der Waals surface area contributed by atoms with Crippen molar-refractivity contribution in [3.05, 3.63) is 43.0 Å². The van der Waals surface area contributed by atoms with Gasteiger partial charge in [-0.1, -0.05) is 31.2 Å². The van der Waals surface area contributed by atoms with Gasteiger partial charge in [0, 0.05) is 12.8 Å². The molecule has 0 spiro atoms. The summed E-state index contributed by atoms with van der Waals surface area (Å²) >= 11 is 0. The molecule has 3 heteroatoms. The smallest absolute Gasteiger partial charge is 0.435 e. The lowest BCUT2D eigenvalue weighted by Crippen LogP contribution is -2.61. The van der Waals surface area contributed by atoms with Crippen molar-refractivity contribution in [3.63, 3.8) is 0 Å². The van der Waals surface area contributed by atoms with Crippen molar-refractivity contribution < 1.29 is 9.90 Å². The maximum atomic E-state index is 12.0. The first kappa shape index (κ1) is 13.8. The van der Waals surface area contributed by atoms with Gasteiger partial charge in [-0.25, -0.2) is 0 Å². The highest BCUT2D eigenvalue weighted by Gasteiger charge is 2.46. The van der Waals surface area contributed by atoms with E-state index in [2.05, 4.69) is 6.58 Å². The summed E-state index contributed by atoms with van der Waals surface area (Å²) in [6.07, 6.45) is 6.40. The fraction of sp³-hybridized carbons (Fsp3) is 0.438. The van der Waals surface area contributed by atoms with E-state index in [0.29, 0.717) is 6.54 Å². The van der Waals surface area contributed by atoms with Crippen LogP contribution in [-0.2, 0) is 0 Å². The average molecular weight is 260 g/mol. The molecule has 1 amide bonds. The molecule has 0 saturated heterocycles. The van der Waals surface area contributed by atoms with Gasteiger partial charge in [0.25, 0.3) is 0 Å². The summed E-state index contributed by atoms with van der Waals surface area (Å²) in [4.78, 5) is 12.0. The van der Waals surface area contributed by atoms with E-state index >= 15 is 0 Å². The number of carboxylic acid groups (broad SMARTS) is 1. The standard InChI is InChI=1S/C16H21NO2/c1-2-13-17(16(18)19,14-9-5-3-6-10-14)15-11-7-4-8-12-15/h2-3,5-6,9-10,15H,1,4,7-8,11-13H2/p+1. The zero-order valence-corrected chi connectivity index (χ0v) is 11.3. The van der Waals surface area contributed by atoms with E-state index in [1.807, 2.05) is 30.3 Å². The normalized spacial score (nSPS) is 19.6. The molecule has 0 bridgehead atoms. The number of rotatable bonds is 4. The third kappa shape index (κ3) is 2.56. The molecule has 1 aromatic rings. The molecule has 3 nitrogen and oxygen atoms in total. The van der Waals surface area contributed by atoms with Gasteiger partial charge in [-0.05, 0) is 31.1 Å². The van der Waals surface area contributed by atoms with Crippen molar-refractivity contribution in [2.75, 3.05) is 6.54 Å². The molecule has 19 heavy (non-hydrogen) atoms. The van der Waals surface area contributed by atoms with Crippen LogP contribution in [0.15, 0.2) is 43.0 Å². The zero-order valence-electron chi connectivity index (χ0n) is 11.3. The molecule has 1 unspecified atom stereocenters. The minimum Gasteiger partial charge on any atom is -0.435 e. The number of amides is 1. The molecule has 0 radical (unpaired) electrons. The van der Waals surface area contributed by atoms with Crippen molar-refractivity contribution in [2.24, 2.45) is 0 Å². The number of para-hydroxylation sites is 1. The first-order valence-corrected chi connectivity index (χ1v) is 6.99. The van der Waals surface area contributed by atoms with Crippen LogP contribution in [0.3, 0.4) is 0 Å². The Balaban J connectivity index is 2.46. The first-order chi connectivity index (χ1) is 9.21. The Bertz CT molecular complexity index is 437. The van der Waals surface area contributed by atoms with E-state index in [-0.39, 0.29) is 10.5 Å². The molecule has 1 saturated carbocycles. The monoisotopic (exact) mass is 260 g/mol. The lowest BCUT2D eigenvalue weighted by atomic mass is 9.91. The fourth-order valence-electron chi connectivity index (χ4n) is 3.23. The Morgan fingerprint density at radius 2 is 1.89 bits per heavy atom. The molecule has 1 N–H and O–H groups in total. The van der Waals surface area contributed by atoms with Gasteiger partial charge in [0.1, 0.15) is 18.3 Å². The third-order valence-corrected chi connectivity index (χ3v) is 4.17. The molecule has 1 atom stereocenters. The average Bonchev–Trinajstić information content (AvgIpc) is 2.46. The number of hydrogen-bond donors (Lipinski definition) is 1. The summed E-state index contributed by atoms with van der Waals surface area (Å²) < 4.78 is 0.00431. The summed E-state index contributed by atoms with van der Waals surface area (Å²) in [6.45, 7) is 4.22. The predicted octanol–water partition coefficient (Wildman–Crippen LogP) is 4.19. The second-order valence-corrected chi connectivity index (χ2v) is 5.25. The van der Waals surface area contributed by atoms with E-state index in [0.717, 1.165) is 31.4 Å². The Kier molecular flexibility index (Phi) is 4.38. The SMILES string of the molecule is C=CC[N+](C(=O)O)(c1ccccc1)C1CCCCC1. The van der Waals surface area contributed by atoms with Crippen LogP contribution in [-0.4, -0.2) is 23.8 Å². The van der Waals surface area contributed by atoms with Crippen LogP contribution < -0.4 is 4.48 Å². The Morgan fingerprint density at radius 1 is 1.26 bits per heavy atom. The van der Waals surface area contributed by atoms with Crippen molar-refractivity contribution >= 4 is 11.8 Å². The molecular formula is C16H22NO2+. The van der Waals surface area contributed by atoms with Gasteiger partial charge < -0.3 is 5.11 Å². The molecule has 0 heterocycles. The second kappa shape index (κ2) is 6.02. The van der Waals surface area contributed by atoms with Crippen LogP contribution in [0.4, 0.5) is 10.5 Å². The fourth-order valence-corrected chi connectivity index (χ4v) is 3.23. The number of hydrogen-bond acceptors (Lipinski definition) is 1. The highest BCUT2D eigenvalue weighted by Crippen LogP contribution is 2.34. The second-order valence-electron chi connectivity index (χ2n) is 5.25. The molecule has 1 fully saturated rings. The Morgan fingerprint density at radius 3 is 2.42 bits per heavy atom. The maximum absolute atomic E-state index is 12.0. The highest BCUT2D eigenvalue weighted by atomic mass is 16.4. The Hall–Kier alpha value is -1.61. The molecule has 1 aliphatic rings. The lowest BCUT2D eigenvalue weighted by molar-refractivity contribution is 0.120. The first-order valence-electron chi connectivity index (χ1n) is 6.99. The molecule has 0 aromatic heterocycles.